The van der Waals surface area contributed by atoms with E-state index in [-0.39, 0.29) is 13.0 Å². The summed E-state index contributed by atoms with van der Waals surface area (Å²) in [5.41, 5.74) is 0. The van der Waals surface area contributed by atoms with Gasteiger partial charge in [0.15, 0.2) is 6.10 Å². The third-order valence-corrected chi connectivity index (χ3v) is 3.87. The fourth-order valence-corrected chi connectivity index (χ4v) is 3.08. The first kappa shape index (κ1) is 22.4. The van der Waals surface area contributed by atoms with Crippen molar-refractivity contribution < 1.29 is 42.9 Å². The van der Waals surface area contributed by atoms with Gasteiger partial charge in [0.2, 0.25) is 5.91 Å². The van der Waals surface area contributed by atoms with Crippen molar-refractivity contribution in [1.82, 2.24) is 5.32 Å². The Labute approximate surface area is 156 Å². The largest absolute Gasteiger partial charge is 0.465 e. The Morgan fingerprint density at radius 3 is 1.74 bits per heavy atom. The summed E-state index contributed by atoms with van der Waals surface area (Å²) in [6.45, 7) is 5.87. The van der Waals surface area contributed by atoms with Crippen molar-refractivity contribution in [2.24, 2.45) is 5.92 Å². The van der Waals surface area contributed by atoms with E-state index in [9.17, 15) is 24.0 Å². The number of rotatable bonds is 6. The van der Waals surface area contributed by atoms with Crippen LogP contribution in [0.2, 0.25) is 0 Å². The van der Waals surface area contributed by atoms with Crippen LogP contribution >= 0.6 is 0 Å². The summed E-state index contributed by atoms with van der Waals surface area (Å²) in [5.74, 6) is -3.53. The number of carbonyl (C=O) groups is 5. The van der Waals surface area contributed by atoms with Crippen molar-refractivity contribution in [3.63, 3.8) is 0 Å². The molecule has 1 aliphatic rings. The van der Waals surface area contributed by atoms with Gasteiger partial charge in [0.05, 0.1) is 6.61 Å². The van der Waals surface area contributed by atoms with Gasteiger partial charge in [-0.2, -0.15) is 0 Å². The molecule has 1 saturated carbocycles. The second-order valence-corrected chi connectivity index (χ2v) is 6.32. The molecule has 1 aliphatic carbocycles. The Kier molecular flexibility index (Phi) is 8.20. The van der Waals surface area contributed by atoms with Crippen LogP contribution in [0.3, 0.4) is 0 Å². The standard InChI is InChI=1S/C17H25NO9/c1-8(19)18-15-14(25-10(3)21)6-13(7-24-9(2)20)16(26-11(4)22)17(15)27-12(5)23/h13-17H,6-7H2,1-5H3,(H,18,19)/t13-,14-,15+,16+,17-/m1/s1. The van der Waals surface area contributed by atoms with Crippen LogP contribution in [0.15, 0.2) is 0 Å². The molecule has 0 aromatic heterocycles. The van der Waals surface area contributed by atoms with Gasteiger partial charge in [-0.3, -0.25) is 24.0 Å². The van der Waals surface area contributed by atoms with Gasteiger partial charge in [0.25, 0.3) is 0 Å². The van der Waals surface area contributed by atoms with Crippen molar-refractivity contribution in [3.05, 3.63) is 0 Å². The predicted octanol–water partition coefficient (Wildman–Crippen LogP) is -0.131. The second kappa shape index (κ2) is 9.89. The van der Waals surface area contributed by atoms with E-state index in [4.69, 9.17) is 18.9 Å². The number of ether oxygens (including phenoxy) is 4. The molecule has 0 aromatic rings. The maximum atomic E-state index is 11.6. The molecular weight excluding hydrogens is 362 g/mol. The molecule has 0 bridgehead atoms. The number of hydrogen-bond acceptors (Lipinski definition) is 9. The molecule has 10 heteroatoms. The fourth-order valence-electron chi connectivity index (χ4n) is 3.08. The van der Waals surface area contributed by atoms with Crippen molar-refractivity contribution >= 4 is 29.8 Å². The van der Waals surface area contributed by atoms with E-state index in [0.29, 0.717) is 0 Å². The summed E-state index contributed by atoms with van der Waals surface area (Å²) in [6, 6.07) is -0.937. The summed E-state index contributed by atoms with van der Waals surface area (Å²) >= 11 is 0. The summed E-state index contributed by atoms with van der Waals surface area (Å²) in [4.78, 5) is 57.5. The van der Waals surface area contributed by atoms with Crippen LogP contribution in [-0.2, 0) is 42.9 Å². The molecule has 152 valence electrons. The normalized spacial score (nSPS) is 27.1. The van der Waals surface area contributed by atoms with Crippen molar-refractivity contribution in [3.8, 4) is 0 Å². The van der Waals surface area contributed by atoms with Crippen molar-refractivity contribution in [2.75, 3.05) is 6.61 Å². The molecule has 1 N–H and O–H groups in total. The highest BCUT2D eigenvalue weighted by Crippen LogP contribution is 2.33. The van der Waals surface area contributed by atoms with Gasteiger partial charge < -0.3 is 24.3 Å². The van der Waals surface area contributed by atoms with Crippen LogP contribution in [0, 0.1) is 5.92 Å². The Balaban J connectivity index is 3.29. The highest BCUT2D eigenvalue weighted by Gasteiger charge is 2.50. The van der Waals surface area contributed by atoms with Gasteiger partial charge in [0, 0.05) is 40.5 Å². The third kappa shape index (κ3) is 7.24. The zero-order chi connectivity index (χ0) is 20.7. The first-order valence-electron chi connectivity index (χ1n) is 8.43. The molecule has 0 saturated heterocycles. The molecule has 5 atom stereocenters. The fraction of sp³-hybridized carbons (Fsp3) is 0.706. The topological polar surface area (TPSA) is 134 Å². The molecule has 0 radical (unpaired) electrons. The number of carbonyl (C=O) groups excluding carboxylic acids is 5. The maximum Gasteiger partial charge on any atom is 0.303 e. The Hall–Kier alpha value is -2.65. The quantitative estimate of drug-likeness (QED) is 0.488. The van der Waals surface area contributed by atoms with Gasteiger partial charge in [-0.25, -0.2) is 0 Å². The Morgan fingerprint density at radius 2 is 1.30 bits per heavy atom. The number of hydrogen-bond donors (Lipinski definition) is 1. The molecule has 27 heavy (non-hydrogen) atoms. The van der Waals surface area contributed by atoms with E-state index in [1.165, 1.54) is 27.7 Å². The van der Waals surface area contributed by atoms with E-state index < -0.39 is 60.1 Å². The molecular formula is C17H25NO9. The van der Waals surface area contributed by atoms with Gasteiger partial charge in [0.1, 0.15) is 18.2 Å². The smallest absolute Gasteiger partial charge is 0.303 e. The summed E-state index contributed by atoms with van der Waals surface area (Å²) in [7, 11) is 0. The summed E-state index contributed by atoms with van der Waals surface area (Å²) in [6.07, 6.45) is -2.89. The molecule has 0 aromatic carbocycles. The van der Waals surface area contributed by atoms with Crippen molar-refractivity contribution in [1.29, 1.82) is 0 Å². The first-order valence-corrected chi connectivity index (χ1v) is 8.43. The third-order valence-electron chi connectivity index (χ3n) is 3.87. The molecule has 1 fully saturated rings. The lowest BCUT2D eigenvalue weighted by Crippen LogP contribution is -2.64. The van der Waals surface area contributed by atoms with E-state index in [2.05, 4.69) is 5.32 Å². The van der Waals surface area contributed by atoms with Crippen LogP contribution in [0.5, 0.6) is 0 Å². The zero-order valence-corrected chi connectivity index (χ0v) is 16.0. The lowest BCUT2D eigenvalue weighted by molar-refractivity contribution is -0.195. The molecule has 0 spiro atoms. The molecule has 1 amide bonds. The van der Waals surface area contributed by atoms with Gasteiger partial charge >= 0.3 is 23.9 Å². The number of amides is 1. The highest BCUT2D eigenvalue weighted by atomic mass is 16.6. The molecule has 10 nitrogen and oxygen atoms in total. The average molecular weight is 387 g/mol. The Morgan fingerprint density at radius 1 is 0.778 bits per heavy atom. The van der Waals surface area contributed by atoms with E-state index >= 15 is 0 Å². The lowest BCUT2D eigenvalue weighted by atomic mass is 9.79. The average Bonchev–Trinajstić information content (AvgIpc) is 2.49. The minimum Gasteiger partial charge on any atom is -0.465 e. The van der Waals surface area contributed by atoms with Gasteiger partial charge in [-0.05, 0) is 6.42 Å². The van der Waals surface area contributed by atoms with Crippen LogP contribution in [0.4, 0.5) is 0 Å². The van der Waals surface area contributed by atoms with Crippen LogP contribution in [-0.4, -0.2) is 60.7 Å². The predicted molar refractivity (Wildman–Crippen MR) is 89.0 cm³/mol. The minimum absolute atomic E-state index is 0.119. The van der Waals surface area contributed by atoms with Crippen LogP contribution < -0.4 is 5.32 Å². The molecule has 0 unspecified atom stereocenters. The highest BCUT2D eigenvalue weighted by molar-refractivity contribution is 5.74. The summed E-state index contributed by atoms with van der Waals surface area (Å²) in [5, 5.41) is 2.59. The van der Waals surface area contributed by atoms with E-state index in [1.807, 2.05) is 0 Å². The number of esters is 4. The molecule has 0 heterocycles. The van der Waals surface area contributed by atoms with Gasteiger partial charge in [-0.15, -0.1) is 0 Å². The van der Waals surface area contributed by atoms with Gasteiger partial charge in [-0.1, -0.05) is 0 Å². The monoisotopic (exact) mass is 387 g/mol. The summed E-state index contributed by atoms with van der Waals surface area (Å²) < 4.78 is 20.9. The maximum absolute atomic E-state index is 11.6. The zero-order valence-electron chi connectivity index (χ0n) is 16.0. The van der Waals surface area contributed by atoms with E-state index in [0.717, 1.165) is 6.92 Å². The lowest BCUT2D eigenvalue weighted by Gasteiger charge is -2.44. The van der Waals surface area contributed by atoms with Crippen LogP contribution in [0.25, 0.3) is 0 Å². The second-order valence-electron chi connectivity index (χ2n) is 6.32. The molecule has 1 rings (SSSR count). The van der Waals surface area contributed by atoms with Crippen molar-refractivity contribution in [2.45, 2.75) is 65.4 Å². The molecule has 0 aliphatic heterocycles. The van der Waals surface area contributed by atoms with Crippen LogP contribution in [0.1, 0.15) is 41.0 Å². The van der Waals surface area contributed by atoms with E-state index in [1.54, 1.807) is 0 Å². The number of nitrogens with one attached hydrogen (secondary N) is 1. The first-order chi connectivity index (χ1) is 12.5. The Bertz CT molecular complexity index is 603. The SMILES string of the molecule is CC(=O)N[C@@H]1[C@@H](OC(C)=O)[C@@H](OC(C)=O)[C@@H](COC(C)=O)C[C@H]1OC(C)=O. The minimum atomic E-state index is -1.13.